The first-order chi connectivity index (χ1) is 12.8. The molecule has 3 aliphatic rings. The first kappa shape index (κ1) is 15.8. The summed E-state index contributed by atoms with van der Waals surface area (Å²) in [5.74, 6) is 2.09. The van der Waals surface area contributed by atoms with E-state index in [2.05, 4.69) is 31.4 Å². The molecule has 136 valence electrons. The molecule has 1 N–H and O–H groups in total. The van der Waals surface area contributed by atoms with E-state index in [1.807, 2.05) is 0 Å². The Bertz CT molecular complexity index is 804. The maximum atomic E-state index is 12.3. The number of nitrogens with one attached hydrogen (secondary N) is 1. The zero-order valence-corrected chi connectivity index (χ0v) is 14.7. The average Bonchev–Trinajstić information content (AvgIpc) is 3.13. The van der Waals surface area contributed by atoms with Crippen molar-refractivity contribution in [1.82, 2.24) is 20.4 Å². The monoisotopic (exact) mass is 353 g/mol. The lowest BCUT2D eigenvalue weighted by Crippen LogP contribution is -2.43. The number of rotatable bonds is 5. The molecule has 7 nitrogen and oxygen atoms in total. The molecule has 0 unspecified atom stereocenters. The first-order valence-electron chi connectivity index (χ1n) is 9.60. The molecule has 1 amide bonds. The number of carbonyl (C=O) groups excluding carboxylic acids is 1. The van der Waals surface area contributed by atoms with Gasteiger partial charge in [0.05, 0.1) is 5.69 Å². The molecule has 0 bridgehead atoms. The van der Waals surface area contributed by atoms with Crippen molar-refractivity contribution in [3.8, 4) is 0 Å². The van der Waals surface area contributed by atoms with Gasteiger partial charge in [-0.2, -0.15) is 0 Å². The summed E-state index contributed by atoms with van der Waals surface area (Å²) >= 11 is 0. The van der Waals surface area contributed by atoms with Crippen LogP contribution in [0.25, 0.3) is 0 Å². The molecule has 2 aliphatic carbocycles. The van der Waals surface area contributed by atoms with Crippen LogP contribution in [-0.4, -0.2) is 40.2 Å². The lowest BCUT2D eigenvalue weighted by Gasteiger charge is -2.35. The van der Waals surface area contributed by atoms with Crippen LogP contribution in [0.5, 0.6) is 0 Å². The summed E-state index contributed by atoms with van der Waals surface area (Å²) in [6, 6.07) is 4.08. The predicted molar refractivity (Wildman–Crippen MR) is 95.2 cm³/mol. The van der Waals surface area contributed by atoms with Gasteiger partial charge in [0.1, 0.15) is 12.1 Å². The van der Waals surface area contributed by atoms with Crippen LogP contribution in [0.15, 0.2) is 23.0 Å². The maximum Gasteiger partial charge on any atom is 0.290 e. The van der Waals surface area contributed by atoms with Gasteiger partial charge in [0.2, 0.25) is 5.76 Å². The smallest absolute Gasteiger partial charge is 0.290 e. The van der Waals surface area contributed by atoms with Crippen LogP contribution < -0.4 is 10.2 Å². The van der Waals surface area contributed by atoms with E-state index in [-0.39, 0.29) is 11.9 Å². The Hall–Kier alpha value is -2.44. The highest BCUT2D eigenvalue weighted by Gasteiger charge is 2.34. The molecule has 0 aromatic carbocycles. The highest BCUT2D eigenvalue weighted by atomic mass is 16.5. The largest absolute Gasteiger partial charge is 0.357 e. The van der Waals surface area contributed by atoms with Crippen molar-refractivity contribution in [2.75, 3.05) is 18.0 Å². The van der Waals surface area contributed by atoms with Crippen molar-refractivity contribution in [1.29, 1.82) is 0 Å². The second-order valence-electron chi connectivity index (χ2n) is 7.72. The molecule has 1 saturated heterocycles. The fraction of sp³-hybridized carbons (Fsp3) is 0.579. The van der Waals surface area contributed by atoms with Crippen LogP contribution in [0, 0.1) is 0 Å². The molecule has 0 radical (unpaired) electrons. The molecular weight excluding hydrogens is 330 g/mol. The van der Waals surface area contributed by atoms with Gasteiger partial charge >= 0.3 is 0 Å². The lowest BCUT2D eigenvalue weighted by atomic mass is 9.78. The Kier molecular flexibility index (Phi) is 3.87. The van der Waals surface area contributed by atoms with E-state index in [1.54, 1.807) is 12.4 Å². The fourth-order valence-corrected chi connectivity index (χ4v) is 3.91. The Morgan fingerprint density at radius 1 is 1.08 bits per heavy atom. The number of aromatic nitrogens is 3. The van der Waals surface area contributed by atoms with Gasteiger partial charge in [-0.3, -0.25) is 4.79 Å². The van der Waals surface area contributed by atoms with E-state index >= 15 is 0 Å². The molecule has 7 heteroatoms. The van der Waals surface area contributed by atoms with Crippen LogP contribution in [0.3, 0.4) is 0 Å². The number of hydrogen-bond donors (Lipinski definition) is 1. The number of anilines is 1. The summed E-state index contributed by atoms with van der Waals surface area (Å²) in [7, 11) is 0. The number of carbonyl (C=O) groups is 1. The topological polar surface area (TPSA) is 84.2 Å². The standard InChI is InChI=1S/C19H23N5O2/c25-19(17-9-16(23-26-17)12-3-4-12)22-14-7-13(8-14)15-10-18(21-11-20-15)24-5-1-2-6-24/h9-14H,1-8H2,(H,22,25). The quantitative estimate of drug-likeness (QED) is 0.889. The Morgan fingerprint density at radius 2 is 1.88 bits per heavy atom. The molecule has 0 atom stereocenters. The van der Waals surface area contributed by atoms with E-state index in [9.17, 15) is 4.79 Å². The number of amides is 1. The summed E-state index contributed by atoms with van der Waals surface area (Å²) in [5, 5.41) is 7.05. The molecule has 0 spiro atoms. The van der Waals surface area contributed by atoms with E-state index < -0.39 is 0 Å². The predicted octanol–water partition coefficient (Wildman–Crippen LogP) is 2.62. The van der Waals surface area contributed by atoms with E-state index in [0.717, 1.165) is 56.0 Å². The molecule has 2 saturated carbocycles. The summed E-state index contributed by atoms with van der Waals surface area (Å²) < 4.78 is 5.19. The minimum Gasteiger partial charge on any atom is -0.357 e. The minimum atomic E-state index is -0.159. The van der Waals surface area contributed by atoms with E-state index in [1.165, 1.54) is 12.8 Å². The van der Waals surface area contributed by atoms with Gasteiger partial charge in [0.25, 0.3) is 5.91 Å². The summed E-state index contributed by atoms with van der Waals surface area (Å²) in [4.78, 5) is 23.5. The molecule has 3 fully saturated rings. The van der Waals surface area contributed by atoms with Gasteiger partial charge in [-0.15, -0.1) is 0 Å². The first-order valence-corrected chi connectivity index (χ1v) is 9.60. The van der Waals surface area contributed by atoms with Gasteiger partial charge in [0.15, 0.2) is 0 Å². The summed E-state index contributed by atoms with van der Waals surface area (Å²) in [6.45, 7) is 2.17. The molecule has 26 heavy (non-hydrogen) atoms. The van der Waals surface area contributed by atoms with Gasteiger partial charge in [-0.1, -0.05) is 5.16 Å². The third-order valence-electron chi connectivity index (χ3n) is 5.74. The van der Waals surface area contributed by atoms with Gasteiger partial charge in [-0.25, -0.2) is 9.97 Å². The van der Waals surface area contributed by atoms with Crippen LogP contribution in [0.1, 0.15) is 72.3 Å². The second kappa shape index (κ2) is 6.37. The van der Waals surface area contributed by atoms with Crippen LogP contribution >= 0.6 is 0 Å². The van der Waals surface area contributed by atoms with E-state index in [0.29, 0.717) is 17.6 Å². The highest BCUT2D eigenvalue weighted by Crippen LogP contribution is 2.40. The third kappa shape index (κ3) is 3.06. The molecule has 1 aliphatic heterocycles. The summed E-state index contributed by atoms with van der Waals surface area (Å²) in [6.07, 6.45) is 8.26. The van der Waals surface area contributed by atoms with Gasteiger partial charge in [0, 0.05) is 48.8 Å². The van der Waals surface area contributed by atoms with Crippen molar-refractivity contribution in [3.05, 3.63) is 35.6 Å². The van der Waals surface area contributed by atoms with Crippen molar-refractivity contribution < 1.29 is 9.32 Å². The Morgan fingerprint density at radius 3 is 2.65 bits per heavy atom. The average molecular weight is 353 g/mol. The van der Waals surface area contributed by atoms with Crippen LogP contribution in [0.2, 0.25) is 0 Å². The minimum absolute atomic E-state index is 0.159. The maximum absolute atomic E-state index is 12.3. The molecule has 2 aromatic heterocycles. The Balaban J connectivity index is 1.16. The highest BCUT2D eigenvalue weighted by molar-refractivity contribution is 5.91. The van der Waals surface area contributed by atoms with Crippen molar-refractivity contribution >= 4 is 11.7 Å². The Labute approximate surface area is 152 Å². The van der Waals surface area contributed by atoms with Crippen molar-refractivity contribution in [2.45, 2.75) is 56.4 Å². The number of nitrogens with zero attached hydrogens (tertiary/aromatic N) is 4. The van der Waals surface area contributed by atoms with E-state index in [4.69, 9.17) is 4.52 Å². The van der Waals surface area contributed by atoms with Gasteiger partial charge in [-0.05, 0) is 38.5 Å². The number of hydrogen-bond acceptors (Lipinski definition) is 6. The summed E-state index contributed by atoms with van der Waals surface area (Å²) in [5.41, 5.74) is 2.00. The molecule has 2 aromatic rings. The van der Waals surface area contributed by atoms with Crippen molar-refractivity contribution in [3.63, 3.8) is 0 Å². The molecule has 5 rings (SSSR count). The fourth-order valence-electron chi connectivity index (χ4n) is 3.91. The zero-order chi connectivity index (χ0) is 17.5. The van der Waals surface area contributed by atoms with Crippen LogP contribution in [0.4, 0.5) is 5.82 Å². The zero-order valence-electron chi connectivity index (χ0n) is 14.7. The van der Waals surface area contributed by atoms with Gasteiger partial charge < -0.3 is 14.7 Å². The lowest BCUT2D eigenvalue weighted by molar-refractivity contribution is 0.0870. The van der Waals surface area contributed by atoms with Crippen LogP contribution in [-0.2, 0) is 0 Å². The molecule has 3 heterocycles. The third-order valence-corrected chi connectivity index (χ3v) is 5.74. The SMILES string of the molecule is O=C(NC1CC(c2cc(N3CCCC3)ncn2)C1)c1cc(C2CC2)no1. The molecular formula is C19H23N5O2. The normalized spacial score (nSPS) is 25.2. The second-order valence-corrected chi connectivity index (χ2v) is 7.72. The van der Waals surface area contributed by atoms with Crippen molar-refractivity contribution in [2.24, 2.45) is 0 Å².